The second-order valence-electron chi connectivity index (χ2n) is 8.61. The Bertz CT molecular complexity index is 1030. The van der Waals surface area contributed by atoms with Gasteiger partial charge in [0.25, 0.3) is 11.8 Å². The Balaban J connectivity index is 1.63. The number of carbonyl (C=O) groups excluding carboxylic acids is 2. The molecule has 2 aromatic rings. The number of hydrogen-bond acceptors (Lipinski definition) is 4. The van der Waals surface area contributed by atoms with Gasteiger partial charge >= 0.3 is 0 Å². The molecular weight excluding hydrogens is 388 g/mol. The summed E-state index contributed by atoms with van der Waals surface area (Å²) in [6.45, 7) is 0.740. The maximum absolute atomic E-state index is 13.8. The summed E-state index contributed by atoms with van der Waals surface area (Å²) in [6, 6.07) is 15.7. The summed E-state index contributed by atoms with van der Waals surface area (Å²) < 4.78 is 5.30. The van der Waals surface area contributed by atoms with Crippen LogP contribution in [0.1, 0.15) is 49.7 Å². The molecule has 0 aromatic heterocycles. The molecule has 1 fully saturated rings. The van der Waals surface area contributed by atoms with Crippen molar-refractivity contribution < 1.29 is 14.3 Å². The zero-order valence-corrected chi connectivity index (χ0v) is 18.0. The molecule has 5 nitrogen and oxygen atoms in total. The number of para-hydroxylation sites is 1. The molecule has 5 rings (SSSR count). The smallest absolute Gasteiger partial charge is 0.278 e. The van der Waals surface area contributed by atoms with Crippen molar-refractivity contribution in [3.05, 3.63) is 65.4 Å². The van der Waals surface area contributed by atoms with Crippen molar-refractivity contribution in [2.24, 2.45) is 0 Å². The third-order valence-electron chi connectivity index (χ3n) is 6.79. The van der Waals surface area contributed by atoms with Crippen LogP contribution in [-0.4, -0.2) is 36.4 Å². The quantitative estimate of drug-likeness (QED) is 0.686. The molecule has 0 bridgehead atoms. The number of anilines is 1. The largest absolute Gasteiger partial charge is 0.497 e. The third-order valence-corrected chi connectivity index (χ3v) is 6.79. The van der Waals surface area contributed by atoms with Crippen LogP contribution in [0.4, 0.5) is 5.69 Å². The van der Waals surface area contributed by atoms with E-state index in [9.17, 15) is 9.59 Å². The van der Waals surface area contributed by atoms with E-state index < -0.39 is 0 Å². The molecule has 2 aliphatic heterocycles. The van der Waals surface area contributed by atoms with E-state index in [2.05, 4.69) is 17.0 Å². The lowest BCUT2D eigenvalue weighted by atomic mass is 9.94. The van der Waals surface area contributed by atoms with Gasteiger partial charge in [-0.2, -0.15) is 0 Å². The predicted molar refractivity (Wildman–Crippen MR) is 121 cm³/mol. The monoisotopic (exact) mass is 416 g/mol. The number of aryl methyl sites for hydroxylation is 1. The van der Waals surface area contributed by atoms with Crippen LogP contribution >= 0.6 is 0 Å². The second kappa shape index (κ2) is 8.22. The molecule has 3 aliphatic rings. The summed E-state index contributed by atoms with van der Waals surface area (Å²) in [5.74, 6) is 0.440. The number of imide groups is 1. The van der Waals surface area contributed by atoms with Gasteiger partial charge in [-0.15, -0.1) is 0 Å². The van der Waals surface area contributed by atoms with Gasteiger partial charge in [0.05, 0.1) is 12.7 Å². The van der Waals surface area contributed by atoms with Gasteiger partial charge in [-0.05, 0) is 55.0 Å². The minimum atomic E-state index is -0.153. The molecular formula is C26H28N2O3. The first-order chi connectivity index (χ1) is 15.2. The van der Waals surface area contributed by atoms with E-state index in [-0.39, 0.29) is 17.9 Å². The van der Waals surface area contributed by atoms with E-state index in [1.165, 1.54) is 12.0 Å². The Kier molecular flexibility index (Phi) is 5.26. The molecule has 1 saturated carbocycles. The number of fused-ring (bicyclic) bond motifs is 1. The van der Waals surface area contributed by atoms with Gasteiger partial charge in [-0.1, -0.05) is 49.6 Å². The van der Waals surface area contributed by atoms with Gasteiger partial charge in [0.15, 0.2) is 0 Å². The van der Waals surface area contributed by atoms with Gasteiger partial charge < -0.3 is 9.64 Å². The number of amides is 2. The molecule has 31 heavy (non-hydrogen) atoms. The fourth-order valence-electron chi connectivity index (χ4n) is 5.24. The molecule has 2 amide bonds. The van der Waals surface area contributed by atoms with Crippen molar-refractivity contribution in [1.82, 2.24) is 4.90 Å². The average molecular weight is 417 g/mol. The fourth-order valence-corrected chi connectivity index (χ4v) is 5.24. The highest BCUT2D eigenvalue weighted by Crippen LogP contribution is 2.40. The van der Waals surface area contributed by atoms with Crippen molar-refractivity contribution >= 4 is 23.1 Å². The van der Waals surface area contributed by atoms with Crippen LogP contribution in [0.15, 0.2) is 54.2 Å². The number of methoxy groups -OCH3 is 1. The van der Waals surface area contributed by atoms with E-state index in [0.29, 0.717) is 11.3 Å². The maximum Gasteiger partial charge on any atom is 0.278 e. The molecule has 160 valence electrons. The van der Waals surface area contributed by atoms with E-state index in [0.717, 1.165) is 62.1 Å². The van der Waals surface area contributed by atoms with Gasteiger partial charge in [-0.3, -0.25) is 14.5 Å². The summed E-state index contributed by atoms with van der Waals surface area (Å²) in [5.41, 5.74) is 4.10. The maximum atomic E-state index is 13.8. The summed E-state index contributed by atoms with van der Waals surface area (Å²) >= 11 is 0. The van der Waals surface area contributed by atoms with Crippen LogP contribution in [-0.2, 0) is 16.0 Å². The van der Waals surface area contributed by atoms with Crippen molar-refractivity contribution in [2.75, 3.05) is 18.6 Å². The van der Waals surface area contributed by atoms with Crippen LogP contribution in [0.2, 0.25) is 0 Å². The van der Waals surface area contributed by atoms with Crippen LogP contribution in [0, 0.1) is 0 Å². The topological polar surface area (TPSA) is 49.9 Å². The number of hydrogen-bond donors (Lipinski definition) is 0. The van der Waals surface area contributed by atoms with Crippen LogP contribution in [0.25, 0.3) is 5.57 Å². The molecule has 0 atom stereocenters. The Morgan fingerprint density at radius 3 is 2.35 bits per heavy atom. The molecule has 0 N–H and O–H groups in total. The molecule has 1 aliphatic carbocycles. The lowest BCUT2D eigenvalue weighted by Crippen LogP contribution is -2.44. The van der Waals surface area contributed by atoms with Crippen molar-refractivity contribution in [1.29, 1.82) is 0 Å². The Labute approximate surface area is 183 Å². The molecule has 0 unspecified atom stereocenters. The molecule has 0 radical (unpaired) electrons. The zero-order chi connectivity index (χ0) is 21.4. The zero-order valence-electron chi connectivity index (χ0n) is 18.0. The minimum Gasteiger partial charge on any atom is -0.497 e. The highest BCUT2D eigenvalue weighted by Gasteiger charge is 2.45. The number of rotatable bonds is 4. The standard InChI is InChI=1S/C26H28N2O3/c1-31-21-15-13-19(14-16-21)23-24(27-17-7-9-18-8-5-6-12-22(18)27)26(30)28(25(23)29)20-10-3-2-4-11-20/h5-6,8,12-16,20H,2-4,7,9-11,17H2,1H3. The van der Waals surface area contributed by atoms with Gasteiger partial charge in [0.2, 0.25) is 0 Å². The van der Waals surface area contributed by atoms with Gasteiger partial charge in [-0.25, -0.2) is 0 Å². The number of nitrogens with zero attached hydrogens (tertiary/aromatic N) is 2. The molecule has 5 heteroatoms. The second-order valence-corrected chi connectivity index (χ2v) is 8.61. The first-order valence-corrected chi connectivity index (χ1v) is 11.3. The highest BCUT2D eigenvalue weighted by atomic mass is 16.5. The SMILES string of the molecule is COc1ccc(C2=C(N3CCCc4ccccc43)C(=O)N(C3CCCCC3)C2=O)cc1. The molecule has 0 saturated heterocycles. The number of benzene rings is 2. The summed E-state index contributed by atoms with van der Waals surface area (Å²) in [5, 5.41) is 0. The summed E-state index contributed by atoms with van der Waals surface area (Å²) in [6.07, 6.45) is 7.07. The highest BCUT2D eigenvalue weighted by molar-refractivity contribution is 6.37. The van der Waals surface area contributed by atoms with E-state index in [4.69, 9.17) is 4.74 Å². The van der Waals surface area contributed by atoms with Crippen LogP contribution in [0.5, 0.6) is 5.75 Å². The Morgan fingerprint density at radius 2 is 1.61 bits per heavy atom. The average Bonchev–Trinajstić information content (AvgIpc) is 3.09. The number of ether oxygens (including phenoxy) is 1. The van der Waals surface area contributed by atoms with Crippen molar-refractivity contribution in [3.8, 4) is 5.75 Å². The molecule has 0 spiro atoms. The number of carbonyl (C=O) groups is 2. The lowest BCUT2D eigenvalue weighted by Gasteiger charge is -2.33. The molecule has 2 heterocycles. The van der Waals surface area contributed by atoms with Gasteiger partial charge in [0.1, 0.15) is 11.4 Å². The minimum absolute atomic E-state index is 0.000433. The Hall–Kier alpha value is -3.08. The van der Waals surface area contributed by atoms with Crippen LogP contribution < -0.4 is 9.64 Å². The first-order valence-electron chi connectivity index (χ1n) is 11.3. The lowest BCUT2D eigenvalue weighted by molar-refractivity contribution is -0.140. The van der Waals surface area contributed by atoms with E-state index in [1.54, 1.807) is 12.0 Å². The first kappa shape index (κ1) is 19.9. The van der Waals surface area contributed by atoms with E-state index >= 15 is 0 Å². The van der Waals surface area contributed by atoms with Crippen LogP contribution in [0.3, 0.4) is 0 Å². The summed E-state index contributed by atoms with van der Waals surface area (Å²) in [4.78, 5) is 31.2. The van der Waals surface area contributed by atoms with Crippen molar-refractivity contribution in [2.45, 2.75) is 51.0 Å². The Morgan fingerprint density at radius 1 is 0.871 bits per heavy atom. The van der Waals surface area contributed by atoms with Gasteiger partial charge in [0, 0.05) is 18.3 Å². The third kappa shape index (κ3) is 3.42. The normalized spacial score (nSPS) is 19.8. The predicted octanol–water partition coefficient (Wildman–Crippen LogP) is 4.56. The fraction of sp³-hybridized carbons (Fsp3) is 0.385. The summed E-state index contributed by atoms with van der Waals surface area (Å²) in [7, 11) is 1.62. The van der Waals surface area contributed by atoms with Crippen molar-refractivity contribution in [3.63, 3.8) is 0 Å². The molecule has 2 aromatic carbocycles. The van der Waals surface area contributed by atoms with E-state index in [1.807, 2.05) is 36.4 Å².